The molecule has 2 amide bonds. The van der Waals surface area contributed by atoms with E-state index in [1.165, 1.54) is 0 Å². The summed E-state index contributed by atoms with van der Waals surface area (Å²) in [5.41, 5.74) is 2.43. The van der Waals surface area contributed by atoms with Crippen molar-refractivity contribution in [2.24, 2.45) is 0 Å². The SMILES string of the molecule is CCN(Cc1ccccc1)C(=O)c1nc(C(=O)N2CCOCC2)n2c1CCCC2. The zero-order chi connectivity index (χ0) is 20.2. The molecule has 29 heavy (non-hydrogen) atoms. The van der Waals surface area contributed by atoms with Gasteiger partial charge >= 0.3 is 0 Å². The Labute approximate surface area is 171 Å². The van der Waals surface area contributed by atoms with E-state index >= 15 is 0 Å². The minimum absolute atomic E-state index is 0.0944. The number of rotatable bonds is 5. The van der Waals surface area contributed by atoms with E-state index in [-0.39, 0.29) is 11.8 Å². The molecular weight excluding hydrogens is 368 g/mol. The van der Waals surface area contributed by atoms with Crippen molar-refractivity contribution in [3.05, 3.63) is 53.1 Å². The number of nitrogens with zero attached hydrogens (tertiary/aromatic N) is 4. The number of hydrogen-bond acceptors (Lipinski definition) is 4. The van der Waals surface area contributed by atoms with Crippen LogP contribution in [0.2, 0.25) is 0 Å². The van der Waals surface area contributed by atoms with Crippen molar-refractivity contribution in [3.8, 4) is 0 Å². The molecule has 1 aromatic heterocycles. The number of morpholine rings is 1. The van der Waals surface area contributed by atoms with E-state index in [0.717, 1.165) is 37.1 Å². The highest BCUT2D eigenvalue weighted by atomic mass is 16.5. The van der Waals surface area contributed by atoms with Gasteiger partial charge in [0.25, 0.3) is 11.8 Å². The van der Waals surface area contributed by atoms with Crippen molar-refractivity contribution in [2.75, 3.05) is 32.8 Å². The molecule has 0 N–H and O–H groups in total. The largest absolute Gasteiger partial charge is 0.378 e. The summed E-state index contributed by atoms with van der Waals surface area (Å²) >= 11 is 0. The third-order valence-corrected chi connectivity index (χ3v) is 5.70. The number of carbonyl (C=O) groups is 2. The number of carbonyl (C=O) groups excluding carboxylic acids is 2. The van der Waals surface area contributed by atoms with Gasteiger partial charge < -0.3 is 19.1 Å². The first-order valence-electron chi connectivity index (χ1n) is 10.5. The molecule has 0 bridgehead atoms. The van der Waals surface area contributed by atoms with E-state index in [1.807, 2.05) is 41.8 Å². The van der Waals surface area contributed by atoms with Crippen LogP contribution in [0.25, 0.3) is 0 Å². The lowest BCUT2D eigenvalue weighted by Crippen LogP contribution is -2.42. The molecule has 0 spiro atoms. The quantitative estimate of drug-likeness (QED) is 0.778. The second-order valence-electron chi connectivity index (χ2n) is 7.55. The third kappa shape index (κ3) is 4.05. The highest BCUT2D eigenvalue weighted by Crippen LogP contribution is 2.24. The normalized spacial score (nSPS) is 16.4. The first-order chi connectivity index (χ1) is 14.2. The van der Waals surface area contributed by atoms with Crippen LogP contribution in [0.3, 0.4) is 0 Å². The van der Waals surface area contributed by atoms with Crippen LogP contribution >= 0.6 is 0 Å². The van der Waals surface area contributed by atoms with Crippen LogP contribution < -0.4 is 0 Å². The molecule has 3 heterocycles. The first-order valence-corrected chi connectivity index (χ1v) is 10.5. The van der Waals surface area contributed by atoms with Crippen molar-refractivity contribution in [1.82, 2.24) is 19.4 Å². The van der Waals surface area contributed by atoms with Crippen molar-refractivity contribution in [3.63, 3.8) is 0 Å². The van der Waals surface area contributed by atoms with Crippen molar-refractivity contribution in [2.45, 2.75) is 39.3 Å². The zero-order valence-corrected chi connectivity index (χ0v) is 17.0. The van der Waals surface area contributed by atoms with Gasteiger partial charge in [-0.3, -0.25) is 9.59 Å². The first kappa shape index (κ1) is 19.6. The van der Waals surface area contributed by atoms with Crippen LogP contribution in [0.15, 0.2) is 30.3 Å². The van der Waals surface area contributed by atoms with E-state index in [4.69, 9.17) is 4.74 Å². The summed E-state index contributed by atoms with van der Waals surface area (Å²) in [4.78, 5) is 34.7. The van der Waals surface area contributed by atoms with Gasteiger partial charge in [-0.05, 0) is 31.7 Å². The highest BCUT2D eigenvalue weighted by molar-refractivity contribution is 5.97. The molecule has 0 saturated carbocycles. The topological polar surface area (TPSA) is 67.7 Å². The smallest absolute Gasteiger partial charge is 0.290 e. The zero-order valence-electron chi connectivity index (χ0n) is 17.0. The Morgan fingerprint density at radius 3 is 2.59 bits per heavy atom. The van der Waals surface area contributed by atoms with Crippen LogP contribution in [0.4, 0.5) is 0 Å². The molecule has 2 aliphatic rings. The number of aromatic nitrogens is 2. The lowest BCUT2D eigenvalue weighted by Gasteiger charge is -2.27. The summed E-state index contributed by atoms with van der Waals surface area (Å²) in [6, 6.07) is 9.96. The standard InChI is InChI=1S/C22H28N4O3/c1-2-24(16-17-8-4-3-5-9-17)21(27)19-18-10-6-7-11-26(18)20(23-19)22(28)25-12-14-29-15-13-25/h3-5,8-9H,2,6-7,10-16H2,1H3. The number of benzene rings is 1. The van der Waals surface area contributed by atoms with Gasteiger partial charge in [0.15, 0.2) is 5.82 Å². The number of imidazole rings is 1. The van der Waals surface area contributed by atoms with Crippen LogP contribution in [0, 0.1) is 0 Å². The van der Waals surface area contributed by atoms with E-state index in [9.17, 15) is 9.59 Å². The number of fused-ring (bicyclic) bond motifs is 1. The van der Waals surface area contributed by atoms with Gasteiger partial charge in [-0.1, -0.05) is 30.3 Å². The van der Waals surface area contributed by atoms with Crippen molar-refractivity contribution >= 4 is 11.8 Å². The molecule has 7 heteroatoms. The van der Waals surface area contributed by atoms with Gasteiger partial charge in [-0.25, -0.2) is 4.98 Å². The maximum Gasteiger partial charge on any atom is 0.290 e. The lowest BCUT2D eigenvalue weighted by molar-refractivity contribution is 0.0291. The summed E-state index contributed by atoms with van der Waals surface area (Å²) in [5.74, 6) is 0.213. The van der Waals surface area contributed by atoms with Crippen LogP contribution in [0.5, 0.6) is 0 Å². The summed E-state index contributed by atoms with van der Waals surface area (Å²) in [5, 5.41) is 0. The molecule has 2 aliphatic heterocycles. The van der Waals surface area contributed by atoms with Gasteiger partial charge in [-0.2, -0.15) is 0 Å². The minimum atomic E-state index is -0.0957. The Kier molecular flexibility index (Phi) is 5.94. The van der Waals surface area contributed by atoms with Crippen molar-refractivity contribution < 1.29 is 14.3 Å². The van der Waals surface area contributed by atoms with E-state index in [2.05, 4.69) is 4.98 Å². The summed E-state index contributed by atoms with van der Waals surface area (Å²) in [6.45, 7) is 6.08. The predicted octanol–water partition coefficient (Wildman–Crippen LogP) is 2.35. The Balaban J connectivity index is 1.63. The average molecular weight is 396 g/mol. The minimum Gasteiger partial charge on any atom is -0.378 e. The number of amides is 2. The third-order valence-electron chi connectivity index (χ3n) is 5.70. The van der Waals surface area contributed by atoms with Crippen LogP contribution in [-0.2, 0) is 24.2 Å². The maximum absolute atomic E-state index is 13.4. The lowest BCUT2D eigenvalue weighted by atomic mass is 10.1. The Morgan fingerprint density at radius 1 is 1.10 bits per heavy atom. The summed E-state index contributed by atoms with van der Waals surface area (Å²) < 4.78 is 7.34. The van der Waals surface area contributed by atoms with Gasteiger partial charge in [0.05, 0.1) is 18.9 Å². The van der Waals surface area contributed by atoms with E-state index < -0.39 is 0 Å². The number of ether oxygens (including phenoxy) is 1. The molecule has 0 atom stereocenters. The average Bonchev–Trinajstić information content (AvgIpc) is 3.17. The second kappa shape index (κ2) is 8.78. The molecular formula is C22H28N4O3. The van der Waals surface area contributed by atoms with Gasteiger partial charge in [0.1, 0.15) is 5.69 Å². The number of hydrogen-bond donors (Lipinski definition) is 0. The monoisotopic (exact) mass is 396 g/mol. The molecule has 7 nitrogen and oxygen atoms in total. The van der Waals surface area contributed by atoms with Crippen LogP contribution in [-0.4, -0.2) is 64.0 Å². The van der Waals surface area contributed by atoms with Crippen molar-refractivity contribution in [1.29, 1.82) is 0 Å². The molecule has 4 rings (SSSR count). The fourth-order valence-electron chi connectivity index (χ4n) is 4.07. The van der Waals surface area contributed by atoms with Gasteiger partial charge in [0, 0.05) is 32.7 Å². The molecule has 1 fully saturated rings. The molecule has 154 valence electrons. The van der Waals surface area contributed by atoms with Gasteiger partial charge in [-0.15, -0.1) is 0 Å². The van der Waals surface area contributed by atoms with Crippen LogP contribution in [0.1, 0.15) is 52.1 Å². The molecule has 0 radical (unpaired) electrons. The highest BCUT2D eigenvalue weighted by Gasteiger charge is 2.31. The molecule has 0 aliphatic carbocycles. The summed E-state index contributed by atoms with van der Waals surface area (Å²) in [6.07, 6.45) is 2.80. The van der Waals surface area contributed by atoms with Gasteiger partial charge in [0.2, 0.25) is 0 Å². The van der Waals surface area contributed by atoms with E-state index in [0.29, 0.717) is 50.9 Å². The molecule has 0 unspecified atom stereocenters. The summed E-state index contributed by atoms with van der Waals surface area (Å²) in [7, 11) is 0. The van der Waals surface area contributed by atoms with E-state index in [1.54, 1.807) is 9.80 Å². The molecule has 2 aromatic rings. The second-order valence-corrected chi connectivity index (χ2v) is 7.55. The Hall–Kier alpha value is -2.67. The fraction of sp³-hybridized carbons (Fsp3) is 0.500. The fourth-order valence-corrected chi connectivity index (χ4v) is 4.07. The Morgan fingerprint density at radius 2 is 1.86 bits per heavy atom. The Bertz CT molecular complexity index is 872. The maximum atomic E-state index is 13.4. The predicted molar refractivity (Wildman–Crippen MR) is 109 cm³/mol. The molecule has 1 saturated heterocycles. The molecule has 1 aromatic carbocycles.